The highest BCUT2D eigenvalue weighted by molar-refractivity contribution is 5.69. The van der Waals surface area contributed by atoms with Crippen LogP contribution in [-0.2, 0) is 9.53 Å². The van der Waals surface area contributed by atoms with Crippen LogP contribution in [0.3, 0.4) is 0 Å². The monoisotopic (exact) mass is 239 g/mol. The Bertz CT molecular complexity index is 383. The Labute approximate surface area is 99.7 Å². The van der Waals surface area contributed by atoms with E-state index >= 15 is 0 Å². The first-order valence-corrected chi connectivity index (χ1v) is 5.37. The van der Waals surface area contributed by atoms with E-state index in [1.54, 1.807) is 13.0 Å². The molecule has 94 valence electrons. The van der Waals surface area contributed by atoms with E-state index in [0.29, 0.717) is 31.3 Å². The van der Waals surface area contributed by atoms with Crippen LogP contribution in [0.4, 0.5) is 11.8 Å². The summed E-state index contributed by atoms with van der Waals surface area (Å²) in [6, 6.07) is 1.77. The number of anilines is 2. The van der Waals surface area contributed by atoms with Crippen molar-refractivity contribution in [3.63, 3.8) is 0 Å². The molecule has 0 spiro atoms. The second kappa shape index (κ2) is 6.64. The Morgan fingerprint density at radius 3 is 2.94 bits per heavy atom. The zero-order chi connectivity index (χ0) is 12.7. The van der Waals surface area contributed by atoms with Gasteiger partial charge in [0, 0.05) is 18.3 Å². The van der Waals surface area contributed by atoms with Gasteiger partial charge in [0.15, 0.2) is 0 Å². The predicted octanol–water partition coefficient (Wildman–Crippen LogP) is 0.436. The van der Waals surface area contributed by atoms with Gasteiger partial charge in [0.2, 0.25) is 5.95 Å². The minimum Gasteiger partial charge on any atom is -0.466 e. The number of hydrazine groups is 1. The number of carbonyl (C=O) groups excluding carboxylic acids is 1. The lowest BCUT2D eigenvalue weighted by molar-refractivity contribution is -0.142. The summed E-state index contributed by atoms with van der Waals surface area (Å²) < 4.78 is 4.80. The summed E-state index contributed by atoms with van der Waals surface area (Å²) >= 11 is 0. The zero-order valence-corrected chi connectivity index (χ0v) is 9.99. The summed E-state index contributed by atoms with van der Waals surface area (Å²) in [5.74, 6) is 5.95. The van der Waals surface area contributed by atoms with Crippen LogP contribution in [-0.4, -0.2) is 29.1 Å². The number of nitrogen functional groups attached to an aromatic ring is 1. The molecule has 0 amide bonds. The highest BCUT2D eigenvalue weighted by Gasteiger charge is 2.03. The van der Waals surface area contributed by atoms with Gasteiger partial charge in [0.1, 0.15) is 5.82 Å². The third kappa shape index (κ3) is 4.64. The van der Waals surface area contributed by atoms with Gasteiger partial charge in [-0.05, 0) is 13.8 Å². The fourth-order valence-electron chi connectivity index (χ4n) is 1.25. The van der Waals surface area contributed by atoms with E-state index in [9.17, 15) is 4.79 Å². The van der Waals surface area contributed by atoms with Crippen LogP contribution in [0.15, 0.2) is 6.07 Å². The number of nitrogens with one attached hydrogen (secondary N) is 2. The molecular formula is C10H17N5O2. The average Bonchev–Trinajstić information content (AvgIpc) is 2.28. The second-order valence-electron chi connectivity index (χ2n) is 3.34. The molecule has 17 heavy (non-hydrogen) atoms. The predicted molar refractivity (Wildman–Crippen MR) is 64.3 cm³/mol. The minimum atomic E-state index is -0.233. The van der Waals surface area contributed by atoms with E-state index in [1.165, 1.54) is 0 Å². The second-order valence-corrected chi connectivity index (χ2v) is 3.34. The molecule has 7 nitrogen and oxygen atoms in total. The molecule has 0 aromatic carbocycles. The Balaban J connectivity index is 2.46. The van der Waals surface area contributed by atoms with Gasteiger partial charge in [-0.1, -0.05) is 0 Å². The summed E-state index contributed by atoms with van der Waals surface area (Å²) in [5, 5.41) is 3.00. The molecule has 7 heteroatoms. The normalized spacial score (nSPS) is 9.82. The zero-order valence-electron chi connectivity index (χ0n) is 9.99. The molecule has 1 heterocycles. The van der Waals surface area contributed by atoms with Gasteiger partial charge >= 0.3 is 5.97 Å². The van der Waals surface area contributed by atoms with Crippen molar-refractivity contribution < 1.29 is 9.53 Å². The maximum atomic E-state index is 11.1. The number of aryl methyl sites for hydroxylation is 1. The summed E-state index contributed by atoms with van der Waals surface area (Å²) in [6.45, 7) is 4.46. The van der Waals surface area contributed by atoms with Crippen molar-refractivity contribution in [2.45, 2.75) is 20.3 Å². The van der Waals surface area contributed by atoms with E-state index in [4.69, 9.17) is 10.6 Å². The number of carbonyl (C=O) groups is 1. The standard InChI is InChI=1S/C10H17N5O2/c1-3-17-9(16)4-5-12-8-6-7(2)13-10(14-8)15-11/h6H,3-5,11H2,1-2H3,(H2,12,13,14,15). The van der Waals surface area contributed by atoms with Crippen LogP contribution in [0.25, 0.3) is 0 Å². The van der Waals surface area contributed by atoms with E-state index in [0.717, 1.165) is 5.69 Å². The Morgan fingerprint density at radius 1 is 1.53 bits per heavy atom. The molecule has 1 aromatic heterocycles. The molecule has 1 aromatic rings. The number of esters is 1. The fourth-order valence-corrected chi connectivity index (χ4v) is 1.25. The van der Waals surface area contributed by atoms with Crippen molar-refractivity contribution in [1.82, 2.24) is 9.97 Å². The Hall–Kier alpha value is -1.89. The van der Waals surface area contributed by atoms with Crippen LogP contribution in [0.5, 0.6) is 0 Å². The molecule has 0 aliphatic carbocycles. The molecule has 0 atom stereocenters. The minimum absolute atomic E-state index is 0.233. The van der Waals surface area contributed by atoms with Gasteiger partial charge in [-0.3, -0.25) is 10.2 Å². The smallest absolute Gasteiger partial charge is 0.307 e. The first kappa shape index (κ1) is 13.2. The molecule has 0 saturated carbocycles. The van der Waals surface area contributed by atoms with Crippen molar-refractivity contribution in [3.8, 4) is 0 Å². The maximum Gasteiger partial charge on any atom is 0.307 e. The van der Waals surface area contributed by atoms with Gasteiger partial charge < -0.3 is 10.1 Å². The molecule has 0 radical (unpaired) electrons. The SMILES string of the molecule is CCOC(=O)CCNc1cc(C)nc(NN)n1. The summed E-state index contributed by atoms with van der Waals surface area (Å²) in [7, 11) is 0. The topological polar surface area (TPSA) is 102 Å². The van der Waals surface area contributed by atoms with Crippen molar-refractivity contribution in [3.05, 3.63) is 11.8 Å². The molecule has 0 unspecified atom stereocenters. The third-order valence-corrected chi connectivity index (χ3v) is 1.92. The molecule has 0 bridgehead atoms. The molecule has 0 fully saturated rings. The Kier molecular flexibility index (Phi) is 5.15. The van der Waals surface area contributed by atoms with Gasteiger partial charge in [-0.2, -0.15) is 4.98 Å². The third-order valence-electron chi connectivity index (χ3n) is 1.92. The highest BCUT2D eigenvalue weighted by Crippen LogP contribution is 2.08. The molecule has 4 N–H and O–H groups in total. The number of rotatable bonds is 6. The quantitative estimate of drug-likeness (QED) is 0.376. The first-order valence-electron chi connectivity index (χ1n) is 5.37. The molecular weight excluding hydrogens is 222 g/mol. The molecule has 1 rings (SSSR count). The lowest BCUT2D eigenvalue weighted by atomic mass is 10.4. The van der Waals surface area contributed by atoms with E-state index in [2.05, 4.69) is 20.7 Å². The highest BCUT2D eigenvalue weighted by atomic mass is 16.5. The van der Waals surface area contributed by atoms with E-state index in [1.807, 2.05) is 6.92 Å². The number of nitrogens with two attached hydrogens (primary N) is 1. The van der Waals surface area contributed by atoms with Crippen molar-refractivity contribution in [2.24, 2.45) is 5.84 Å². The van der Waals surface area contributed by atoms with Gasteiger partial charge in [-0.15, -0.1) is 0 Å². The molecule has 0 aliphatic heterocycles. The van der Waals surface area contributed by atoms with Gasteiger partial charge in [-0.25, -0.2) is 10.8 Å². The largest absolute Gasteiger partial charge is 0.466 e. The van der Waals surface area contributed by atoms with Crippen LogP contribution in [0.2, 0.25) is 0 Å². The van der Waals surface area contributed by atoms with Gasteiger partial charge in [0.05, 0.1) is 13.0 Å². The van der Waals surface area contributed by atoms with Crippen LogP contribution in [0.1, 0.15) is 19.0 Å². The summed E-state index contributed by atoms with van der Waals surface area (Å²) in [4.78, 5) is 19.2. The lowest BCUT2D eigenvalue weighted by Gasteiger charge is -2.07. The Morgan fingerprint density at radius 2 is 2.29 bits per heavy atom. The van der Waals surface area contributed by atoms with E-state index in [-0.39, 0.29) is 5.97 Å². The van der Waals surface area contributed by atoms with Crippen LogP contribution < -0.4 is 16.6 Å². The lowest BCUT2D eigenvalue weighted by Crippen LogP contribution is -2.15. The first-order chi connectivity index (χ1) is 8.15. The number of ether oxygens (including phenoxy) is 1. The number of hydrogen-bond acceptors (Lipinski definition) is 7. The average molecular weight is 239 g/mol. The van der Waals surface area contributed by atoms with Crippen molar-refractivity contribution in [1.29, 1.82) is 0 Å². The molecule has 0 saturated heterocycles. The fraction of sp³-hybridized carbons (Fsp3) is 0.500. The summed E-state index contributed by atoms with van der Waals surface area (Å²) in [6.07, 6.45) is 0.294. The summed E-state index contributed by atoms with van der Waals surface area (Å²) in [5.41, 5.74) is 3.16. The molecule has 0 aliphatic rings. The van der Waals surface area contributed by atoms with E-state index < -0.39 is 0 Å². The van der Waals surface area contributed by atoms with Crippen molar-refractivity contribution in [2.75, 3.05) is 23.9 Å². The van der Waals surface area contributed by atoms with Crippen molar-refractivity contribution >= 4 is 17.7 Å². The maximum absolute atomic E-state index is 11.1. The van der Waals surface area contributed by atoms with Crippen LogP contribution in [0, 0.1) is 6.92 Å². The van der Waals surface area contributed by atoms with Gasteiger partial charge in [0.25, 0.3) is 0 Å². The van der Waals surface area contributed by atoms with Crippen LogP contribution >= 0.6 is 0 Å². The number of hydrogen-bond donors (Lipinski definition) is 3. The number of nitrogens with zero attached hydrogens (tertiary/aromatic N) is 2. The number of aromatic nitrogens is 2.